The third-order valence-electron chi connectivity index (χ3n) is 4.71. The van der Waals surface area contributed by atoms with Gasteiger partial charge in [-0.25, -0.2) is 4.39 Å². The smallest absolute Gasteiger partial charge is 0.260 e. The summed E-state index contributed by atoms with van der Waals surface area (Å²) in [5, 5.41) is 2.89. The van der Waals surface area contributed by atoms with Gasteiger partial charge in [-0.05, 0) is 30.9 Å². The van der Waals surface area contributed by atoms with Crippen molar-refractivity contribution in [3.63, 3.8) is 0 Å². The standard InChI is InChI=1S/C18H23FN2O4/c1-24-18(10-20-16(22)8-13-6-7-13)11-21(12-18)17(23)9-25-15-5-3-2-4-14(15)19/h2-5,13H,6-12H2,1H3,(H,20,22). The van der Waals surface area contributed by atoms with E-state index >= 15 is 0 Å². The first-order chi connectivity index (χ1) is 12.0. The molecule has 2 amide bonds. The minimum Gasteiger partial charge on any atom is -0.481 e. The van der Waals surface area contributed by atoms with Gasteiger partial charge in [0.15, 0.2) is 18.2 Å². The quantitative estimate of drug-likeness (QED) is 0.768. The average Bonchev–Trinajstić information content (AvgIpc) is 3.37. The maximum absolute atomic E-state index is 13.5. The normalized spacial score (nSPS) is 18.4. The van der Waals surface area contributed by atoms with Crippen LogP contribution in [0.15, 0.2) is 24.3 Å². The van der Waals surface area contributed by atoms with Gasteiger partial charge in [-0.1, -0.05) is 12.1 Å². The molecule has 1 aromatic rings. The third-order valence-corrected chi connectivity index (χ3v) is 4.71. The summed E-state index contributed by atoms with van der Waals surface area (Å²) in [6, 6.07) is 5.97. The van der Waals surface area contributed by atoms with Crippen molar-refractivity contribution in [1.82, 2.24) is 10.2 Å². The molecule has 1 aliphatic heterocycles. The largest absolute Gasteiger partial charge is 0.481 e. The van der Waals surface area contributed by atoms with Gasteiger partial charge in [-0.2, -0.15) is 0 Å². The van der Waals surface area contributed by atoms with Crippen molar-refractivity contribution in [3.8, 4) is 5.75 Å². The predicted molar refractivity (Wildman–Crippen MR) is 88.6 cm³/mol. The van der Waals surface area contributed by atoms with E-state index in [0.717, 1.165) is 12.8 Å². The van der Waals surface area contributed by atoms with E-state index in [-0.39, 0.29) is 24.2 Å². The zero-order chi connectivity index (χ0) is 17.9. The molecule has 2 fully saturated rings. The molecule has 2 aliphatic rings. The fourth-order valence-corrected chi connectivity index (χ4v) is 2.85. The fraction of sp³-hybridized carbons (Fsp3) is 0.556. The molecule has 6 nitrogen and oxygen atoms in total. The number of benzene rings is 1. The van der Waals surface area contributed by atoms with Crippen LogP contribution < -0.4 is 10.1 Å². The Bertz CT molecular complexity index is 642. The molecular formula is C18H23FN2O4. The van der Waals surface area contributed by atoms with E-state index < -0.39 is 11.4 Å². The maximum Gasteiger partial charge on any atom is 0.260 e. The van der Waals surface area contributed by atoms with Gasteiger partial charge in [0.25, 0.3) is 5.91 Å². The summed E-state index contributed by atoms with van der Waals surface area (Å²) < 4.78 is 24.2. The number of likely N-dealkylation sites (tertiary alicyclic amines) is 1. The number of carbonyl (C=O) groups excluding carboxylic acids is 2. The lowest BCUT2D eigenvalue weighted by molar-refractivity contribution is -0.163. The van der Waals surface area contributed by atoms with Gasteiger partial charge < -0.3 is 19.7 Å². The lowest BCUT2D eigenvalue weighted by Gasteiger charge is -2.48. The van der Waals surface area contributed by atoms with Crippen molar-refractivity contribution in [2.45, 2.75) is 24.9 Å². The lowest BCUT2D eigenvalue weighted by Crippen LogP contribution is -2.69. The Morgan fingerprint density at radius 1 is 1.32 bits per heavy atom. The van der Waals surface area contributed by atoms with Crippen molar-refractivity contribution in [2.24, 2.45) is 5.92 Å². The Morgan fingerprint density at radius 2 is 2.04 bits per heavy atom. The number of rotatable bonds is 8. The zero-order valence-corrected chi connectivity index (χ0v) is 14.3. The third kappa shape index (κ3) is 4.48. The molecule has 3 rings (SSSR count). The van der Waals surface area contributed by atoms with E-state index in [1.165, 1.54) is 12.1 Å². The van der Waals surface area contributed by atoms with Crippen LogP contribution in [0.25, 0.3) is 0 Å². The molecule has 1 saturated carbocycles. The molecular weight excluding hydrogens is 327 g/mol. The number of carbonyl (C=O) groups is 2. The summed E-state index contributed by atoms with van der Waals surface area (Å²) in [4.78, 5) is 25.5. The van der Waals surface area contributed by atoms with Crippen LogP contribution in [-0.2, 0) is 14.3 Å². The minimum absolute atomic E-state index is 0.0339. The van der Waals surface area contributed by atoms with Crippen LogP contribution in [0.3, 0.4) is 0 Å². The van der Waals surface area contributed by atoms with Gasteiger partial charge in [0, 0.05) is 13.5 Å². The van der Waals surface area contributed by atoms with Crippen LogP contribution in [-0.4, -0.2) is 55.7 Å². The molecule has 1 N–H and O–H groups in total. The summed E-state index contributed by atoms with van der Waals surface area (Å²) in [7, 11) is 1.57. The molecule has 136 valence electrons. The van der Waals surface area contributed by atoms with Crippen LogP contribution >= 0.6 is 0 Å². The molecule has 0 radical (unpaired) electrons. The topological polar surface area (TPSA) is 67.9 Å². The van der Waals surface area contributed by atoms with Crippen LogP contribution in [0.2, 0.25) is 0 Å². The van der Waals surface area contributed by atoms with E-state index in [4.69, 9.17) is 9.47 Å². The number of methoxy groups -OCH3 is 1. The number of hydrogen-bond acceptors (Lipinski definition) is 4. The number of halogens is 1. The molecule has 1 aromatic carbocycles. The summed E-state index contributed by atoms with van der Waals surface area (Å²) in [6.07, 6.45) is 2.83. The van der Waals surface area contributed by atoms with Crippen molar-refractivity contribution in [1.29, 1.82) is 0 Å². The van der Waals surface area contributed by atoms with E-state index in [1.807, 2.05) is 0 Å². The van der Waals surface area contributed by atoms with Gasteiger partial charge in [-0.3, -0.25) is 9.59 Å². The molecule has 0 spiro atoms. The minimum atomic E-state index is -0.549. The number of para-hydroxylation sites is 1. The molecule has 0 bridgehead atoms. The second-order valence-electron chi connectivity index (χ2n) is 6.78. The molecule has 0 aromatic heterocycles. The van der Waals surface area contributed by atoms with Crippen LogP contribution in [0.1, 0.15) is 19.3 Å². The van der Waals surface area contributed by atoms with Gasteiger partial charge >= 0.3 is 0 Å². The number of amides is 2. The number of nitrogens with zero attached hydrogens (tertiary/aromatic N) is 1. The van der Waals surface area contributed by atoms with Crippen LogP contribution in [0.5, 0.6) is 5.75 Å². The highest BCUT2D eigenvalue weighted by atomic mass is 19.1. The molecule has 1 aliphatic carbocycles. The highest BCUT2D eigenvalue weighted by Crippen LogP contribution is 2.32. The fourth-order valence-electron chi connectivity index (χ4n) is 2.85. The second kappa shape index (κ2) is 7.39. The Hall–Kier alpha value is -2.15. The first-order valence-electron chi connectivity index (χ1n) is 8.48. The SMILES string of the molecule is COC1(CNC(=O)CC2CC2)CN(C(=O)COc2ccccc2F)C1. The summed E-state index contributed by atoms with van der Waals surface area (Å²) in [5.41, 5.74) is -0.549. The molecule has 1 heterocycles. The summed E-state index contributed by atoms with van der Waals surface area (Å²) >= 11 is 0. The van der Waals surface area contributed by atoms with Crippen molar-refractivity contribution >= 4 is 11.8 Å². The Labute approximate surface area is 146 Å². The predicted octanol–water partition coefficient (Wildman–Crippen LogP) is 1.35. The highest BCUT2D eigenvalue weighted by molar-refractivity contribution is 5.79. The van der Waals surface area contributed by atoms with Crippen molar-refractivity contribution in [3.05, 3.63) is 30.1 Å². The lowest BCUT2D eigenvalue weighted by atomic mass is 9.93. The average molecular weight is 350 g/mol. The highest BCUT2D eigenvalue weighted by Gasteiger charge is 2.46. The van der Waals surface area contributed by atoms with Gasteiger partial charge in [0.1, 0.15) is 5.60 Å². The van der Waals surface area contributed by atoms with E-state index in [1.54, 1.807) is 24.1 Å². The van der Waals surface area contributed by atoms with Gasteiger partial charge in [-0.15, -0.1) is 0 Å². The first-order valence-corrected chi connectivity index (χ1v) is 8.48. The van der Waals surface area contributed by atoms with Crippen molar-refractivity contribution in [2.75, 3.05) is 33.4 Å². The van der Waals surface area contributed by atoms with Crippen LogP contribution in [0.4, 0.5) is 4.39 Å². The number of hydrogen-bond donors (Lipinski definition) is 1. The molecule has 25 heavy (non-hydrogen) atoms. The number of ether oxygens (including phenoxy) is 2. The molecule has 7 heteroatoms. The van der Waals surface area contributed by atoms with Crippen molar-refractivity contribution < 1.29 is 23.5 Å². The molecule has 1 saturated heterocycles. The summed E-state index contributed by atoms with van der Waals surface area (Å²) in [6.45, 7) is 0.918. The Morgan fingerprint density at radius 3 is 2.68 bits per heavy atom. The number of nitrogens with one attached hydrogen (secondary N) is 1. The Kier molecular flexibility index (Phi) is 5.22. The second-order valence-corrected chi connectivity index (χ2v) is 6.78. The Balaban J connectivity index is 1.41. The first kappa shape index (κ1) is 17.7. The maximum atomic E-state index is 13.5. The monoisotopic (exact) mass is 350 g/mol. The summed E-state index contributed by atoms with van der Waals surface area (Å²) in [5.74, 6) is -0.106. The van der Waals surface area contributed by atoms with Gasteiger partial charge in [0.05, 0.1) is 19.6 Å². The zero-order valence-electron chi connectivity index (χ0n) is 14.3. The van der Waals surface area contributed by atoms with E-state index in [2.05, 4.69) is 5.32 Å². The van der Waals surface area contributed by atoms with Crippen LogP contribution in [0, 0.1) is 11.7 Å². The molecule has 0 unspecified atom stereocenters. The molecule has 0 atom stereocenters. The van der Waals surface area contributed by atoms with Gasteiger partial charge in [0.2, 0.25) is 5.91 Å². The van der Waals surface area contributed by atoms with E-state index in [9.17, 15) is 14.0 Å². The van der Waals surface area contributed by atoms with E-state index in [0.29, 0.717) is 32.0 Å².